The van der Waals surface area contributed by atoms with Crippen molar-refractivity contribution in [2.45, 2.75) is 39.7 Å². The third kappa shape index (κ3) is 6.03. The topological polar surface area (TPSA) is 41.6 Å². The van der Waals surface area contributed by atoms with E-state index in [1.807, 2.05) is 6.92 Å². The van der Waals surface area contributed by atoms with E-state index < -0.39 is 5.54 Å². The molecule has 0 spiro atoms. The van der Waals surface area contributed by atoms with Gasteiger partial charge in [0.25, 0.3) is 0 Å². The molecule has 0 saturated carbocycles. The molecule has 0 aromatic carbocycles. The summed E-state index contributed by atoms with van der Waals surface area (Å²) in [6, 6.07) is 0. The van der Waals surface area contributed by atoms with Crippen molar-refractivity contribution in [2.24, 2.45) is 5.41 Å². The summed E-state index contributed by atoms with van der Waals surface area (Å²) in [4.78, 5) is 13.9. The van der Waals surface area contributed by atoms with Gasteiger partial charge in [0.15, 0.2) is 0 Å². The molecule has 0 saturated heterocycles. The zero-order chi connectivity index (χ0) is 13.7. The number of carbonyl (C=O) groups is 1. The molecule has 0 aliphatic heterocycles. The van der Waals surface area contributed by atoms with Crippen LogP contribution in [0.4, 0.5) is 0 Å². The second-order valence-electron chi connectivity index (χ2n) is 6.12. The summed E-state index contributed by atoms with van der Waals surface area (Å²) in [6.07, 6.45) is 0.739. The van der Waals surface area contributed by atoms with E-state index in [1.165, 1.54) is 7.11 Å². The molecule has 0 aliphatic carbocycles. The van der Waals surface area contributed by atoms with Gasteiger partial charge in [-0.05, 0) is 32.9 Å². The summed E-state index contributed by atoms with van der Waals surface area (Å²) in [5, 5.41) is 3.05. The van der Waals surface area contributed by atoms with Crippen LogP contribution in [0.2, 0.25) is 0 Å². The molecule has 1 unspecified atom stereocenters. The van der Waals surface area contributed by atoms with Gasteiger partial charge in [-0.2, -0.15) is 0 Å². The van der Waals surface area contributed by atoms with E-state index in [0.29, 0.717) is 0 Å². The van der Waals surface area contributed by atoms with Gasteiger partial charge >= 0.3 is 5.97 Å². The van der Waals surface area contributed by atoms with Gasteiger partial charge in [-0.25, -0.2) is 0 Å². The predicted molar refractivity (Wildman–Crippen MR) is 71.0 cm³/mol. The zero-order valence-corrected chi connectivity index (χ0v) is 12.4. The van der Waals surface area contributed by atoms with Gasteiger partial charge in [0.2, 0.25) is 0 Å². The number of nitrogens with zero attached hydrogens (tertiary/aromatic N) is 1. The Bertz CT molecular complexity index is 248. The Morgan fingerprint density at radius 2 is 1.82 bits per heavy atom. The number of likely N-dealkylation sites (N-methyl/N-ethyl adjacent to an activating group) is 1. The van der Waals surface area contributed by atoms with E-state index in [0.717, 1.165) is 19.5 Å². The van der Waals surface area contributed by atoms with Gasteiger partial charge in [-0.1, -0.05) is 20.8 Å². The van der Waals surface area contributed by atoms with Crippen molar-refractivity contribution in [2.75, 3.05) is 34.3 Å². The predicted octanol–water partition coefficient (Wildman–Crippen LogP) is 1.51. The Hall–Kier alpha value is -0.610. The molecule has 0 radical (unpaired) electrons. The zero-order valence-electron chi connectivity index (χ0n) is 12.4. The van der Waals surface area contributed by atoms with Gasteiger partial charge in [0.1, 0.15) is 5.54 Å². The summed E-state index contributed by atoms with van der Waals surface area (Å²) < 4.78 is 4.82. The van der Waals surface area contributed by atoms with Crippen LogP contribution in [0, 0.1) is 5.41 Å². The Labute approximate surface area is 106 Å². The van der Waals surface area contributed by atoms with E-state index in [-0.39, 0.29) is 11.4 Å². The molecule has 4 heteroatoms. The van der Waals surface area contributed by atoms with Crippen molar-refractivity contribution >= 4 is 5.97 Å². The fourth-order valence-electron chi connectivity index (χ4n) is 1.86. The standard InChI is InChI=1S/C13H28N2O2/c1-12(2,3)10-15(6)9-8-13(4,14-5)11(16)17-7/h14H,8-10H2,1-7H3. The highest BCUT2D eigenvalue weighted by atomic mass is 16.5. The molecule has 1 atom stereocenters. The number of methoxy groups -OCH3 is 1. The summed E-state index contributed by atoms with van der Waals surface area (Å²) in [5.41, 5.74) is -0.322. The second-order valence-corrected chi connectivity index (χ2v) is 6.12. The van der Waals surface area contributed by atoms with Gasteiger partial charge in [-0.15, -0.1) is 0 Å². The lowest BCUT2D eigenvalue weighted by molar-refractivity contribution is -0.148. The van der Waals surface area contributed by atoms with Gasteiger partial charge in [0, 0.05) is 13.1 Å². The molecular weight excluding hydrogens is 216 g/mol. The van der Waals surface area contributed by atoms with Gasteiger partial charge in [-0.3, -0.25) is 4.79 Å². The molecule has 0 fully saturated rings. The number of nitrogens with one attached hydrogen (secondary N) is 1. The van der Waals surface area contributed by atoms with Crippen molar-refractivity contribution in [3.05, 3.63) is 0 Å². The number of ether oxygens (including phenoxy) is 1. The highest BCUT2D eigenvalue weighted by Gasteiger charge is 2.32. The van der Waals surface area contributed by atoms with Gasteiger partial charge < -0.3 is 15.0 Å². The quantitative estimate of drug-likeness (QED) is 0.719. The van der Waals surface area contributed by atoms with E-state index >= 15 is 0 Å². The minimum atomic E-state index is -0.596. The third-order valence-electron chi connectivity index (χ3n) is 2.93. The lowest BCUT2D eigenvalue weighted by Gasteiger charge is -2.31. The Balaban J connectivity index is 4.29. The molecule has 4 nitrogen and oxygen atoms in total. The molecule has 0 aromatic rings. The van der Waals surface area contributed by atoms with Crippen LogP contribution in [0.5, 0.6) is 0 Å². The highest BCUT2D eigenvalue weighted by Crippen LogP contribution is 2.16. The number of rotatable bonds is 6. The Morgan fingerprint density at radius 3 is 2.18 bits per heavy atom. The lowest BCUT2D eigenvalue weighted by Crippen LogP contribution is -2.50. The highest BCUT2D eigenvalue weighted by molar-refractivity contribution is 5.80. The molecular formula is C13H28N2O2. The lowest BCUT2D eigenvalue weighted by atomic mass is 9.94. The number of hydrogen-bond donors (Lipinski definition) is 1. The van der Waals surface area contributed by atoms with Crippen molar-refractivity contribution in [3.8, 4) is 0 Å². The van der Waals surface area contributed by atoms with Crippen LogP contribution in [0.15, 0.2) is 0 Å². The average molecular weight is 244 g/mol. The number of carbonyl (C=O) groups excluding carboxylic acids is 1. The minimum Gasteiger partial charge on any atom is -0.468 e. The largest absolute Gasteiger partial charge is 0.468 e. The summed E-state index contributed by atoms with van der Waals surface area (Å²) in [6.45, 7) is 10.4. The summed E-state index contributed by atoms with van der Waals surface area (Å²) in [5.74, 6) is -0.204. The molecule has 102 valence electrons. The maximum Gasteiger partial charge on any atom is 0.325 e. The van der Waals surface area contributed by atoms with Crippen molar-refractivity contribution < 1.29 is 9.53 Å². The average Bonchev–Trinajstić information content (AvgIpc) is 2.22. The van der Waals surface area contributed by atoms with E-state index in [1.54, 1.807) is 7.05 Å². The fourth-order valence-corrected chi connectivity index (χ4v) is 1.86. The Kier molecular flexibility index (Phi) is 6.13. The second kappa shape index (κ2) is 6.36. The van der Waals surface area contributed by atoms with Crippen LogP contribution < -0.4 is 5.32 Å². The first kappa shape index (κ1) is 16.4. The first-order valence-corrected chi connectivity index (χ1v) is 6.10. The van der Waals surface area contributed by atoms with Crippen LogP contribution in [-0.2, 0) is 9.53 Å². The van der Waals surface area contributed by atoms with Crippen LogP contribution >= 0.6 is 0 Å². The van der Waals surface area contributed by atoms with Crippen LogP contribution in [-0.4, -0.2) is 50.7 Å². The van der Waals surface area contributed by atoms with Crippen LogP contribution in [0.3, 0.4) is 0 Å². The normalized spacial score (nSPS) is 15.8. The number of esters is 1. The van der Waals surface area contributed by atoms with E-state index in [9.17, 15) is 4.79 Å². The molecule has 17 heavy (non-hydrogen) atoms. The SMILES string of the molecule is CNC(C)(CCN(C)CC(C)(C)C)C(=O)OC. The smallest absolute Gasteiger partial charge is 0.325 e. The van der Waals surface area contributed by atoms with Crippen LogP contribution in [0.25, 0.3) is 0 Å². The molecule has 1 N–H and O–H groups in total. The summed E-state index contributed by atoms with van der Waals surface area (Å²) >= 11 is 0. The molecule has 0 aromatic heterocycles. The first-order valence-electron chi connectivity index (χ1n) is 6.10. The monoisotopic (exact) mass is 244 g/mol. The fraction of sp³-hybridized carbons (Fsp3) is 0.923. The minimum absolute atomic E-state index is 0.204. The maximum atomic E-state index is 11.7. The van der Waals surface area contributed by atoms with Gasteiger partial charge in [0.05, 0.1) is 7.11 Å². The number of hydrogen-bond acceptors (Lipinski definition) is 4. The molecule has 0 bridgehead atoms. The first-order chi connectivity index (χ1) is 7.64. The molecule has 0 rings (SSSR count). The van der Waals surface area contributed by atoms with E-state index in [2.05, 4.69) is 38.0 Å². The third-order valence-corrected chi connectivity index (χ3v) is 2.93. The summed E-state index contributed by atoms with van der Waals surface area (Å²) in [7, 11) is 5.30. The van der Waals surface area contributed by atoms with Crippen molar-refractivity contribution in [1.29, 1.82) is 0 Å². The maximum absolute atomic E-state index is 11.7. The molecule has 0 aliphatic rings. The van der Waals surface area contributed by atoms with E-state index in [4.69, 9.17) is 4.74 Å². The van der Waals surface area contributed by atoms with Crippen molar-refractivity contribution in [3.63, 3.8) is 0 Å². The van der Waals surface area contributed by atoms with Crippen LogP contribution in [0.1, 0.15) is 34.1 Å². The Morgan fingerprint density at radius 1 is 1.29 bits per heavy atom. The molecule has 0 amide bonds. The molecule has 0 heterocycles. The van der Waals surface area contributed by atoms with Crippen molar-refractivity contribution in [1.82, 2.24) is 10.2 Å².